The Kier molecular flexibility index (Phi) is 5.29. The summed E-state index contributed by atoms with van der Waals surface area (Å²) in [4.78, 5) is 17.1. The van der Waals surface area contributed by atoms with E-state index in [1.54, 1.807) is 11.3 Å². The van der Waals surface area contributed by atoms with E-state index in [1.165, 1.54) is 5.56 Å². The summed E-state index contributed by atoms with van der Waals surface area (Å²) < 4.78 is 0. The lowest BCUT2D eigenvalue weighted by atomic mass is 10.1. The van der Waals surface area contributed by atoms with E-state index in [0.29, 0.717) is 6.42 Å². The number of nitrogens with zero attached hydrogens (tertiary/aromatic N) is 1. The molecule has 3 nitrogen and oxygen atoms in total. The van der Waals surface area contributed by atoms with Crippen molar-refractivity contribution in [3.63, 3.8) is 0 Å². The predicted octanol–water partition coefficient (Wildman–Crippen LogP) is 5.17. The highest BCUT2D eigenvalue weighted by Crippen LogP contribution is 2.25. The summed E-state index contributed by atoms with van der Waals surface area (Å²) >= 11 is 1.58. The minimum absolute atomic E-state index is 0.0231. The summed E-state index contributed by atoms with van der Waals surface area (Å²) in [5, 5.41) is 5.99. The summed E-state index contributed by atoms with van der Waals surface area (Å²) in [5.74, 6) is -0.0231. The fraction of sp³-hybridized carbons (Fsp3) is 0.238. The molecule has 0 saturated carbocycles. The number of aromatic nitrogens is 1. The highest BCUT2D eigenvalue weighted by molar-refractivity contribution is 7.13. The molecule has 1 amide bonds. The molecule has 1 heterocycles. The largest absolute Gasteiger partial charge is 0.325 e. The van der Waals surface area contributed by atoms with Gasteiger partial charge < -0.3 is 5.32 Å². The first-order chi connectivity index (χ1) is 12.1. The molecular formula is C21H22N2OS. The number of aryl methyl sites for hydroxylation is 3. The molecule has 3 rings (SSSR count). The Morgan fingerprint density at radius 1 is 1.16 bits per heavy atom. The van der Waals surface area contributed by atoms with Crippen LogP contribution in [0.15, 0.2) is 47.8 Å². The van der Waals surface area contributed by atoms with E-state index < -0.39 is 0 Å². The first-order valence-corrected chi connectivity index (χ1v) is 9.34. The molecule has 0 bridgehead atoms. The summed E-state index contributed by atoms with van der Waals surface area (Å²) in [7, 11) is 0. The van der Waals surface area contributed by atoms with Crippen molar-refractivity contribution in [3.8, 4) is 10.6 Å². The normalized spacial score (nSPS) is 10.7. The van der Waals surface area contributed by atoms with Crippen molar-refractivity contribution in [1.82, 2.24) is 4.98 Å². The number of benzene rings is 2. The molecule has 3 aromatic rings. The summed E-state index contributed by atoms with van der Waals surface area (Å²) in [6.45, 7) is 6.19. The van der Waals surface area contributed by atoms with Crippen LogP contribution in [0.4, 0.5) is 5.69 Å². The van der Waals surface area contributed by atoms with Gasteiger partial charge in [-0.15, -0.1) is 11.3 Å². The van der Waals surface area contributed by atoms with E-state index in [1.807, 2.05) is 30.5 Å². The standard InChI is InChI=1S/C21H22N2OS/c1-4-16-9-6-8-15(3)20(16)23-19(24)12-18-13-25-21(22-18)17-10-5-7-14(2)11-17/h5-11,13H,4,12H2,1-3H3,(H,23,24). The highest BCUT2D eigenvalue weighted by Gasteiger charge is 2.12. The molecule has 0 fully saturated rings. The molecule has 0 aliphatic rings. The molecule has 1 aromatic heterocycles. The number of anilines is 1. The lowest BCUT2D eigenvalue weighted by molar-refractivity contribution is -0.115. The number of carbonyl (C=O) groups is 1. The van der Waals surface area contributed by atoms with E-state index in [-0.39, 0.29) is 5.91 Å². The number of rotatable bonds is 5. The van der Waals surface area contributed by atoms with Crippen molar-refractivity contribution in [1.29, 1.82) is 0 Å². The quantitative estimate of drug-likeness (QED) is 0.690. The molecular weight excluding hydrogens is 328 g/mol. The second kappa shape index (κ2) is 7.62. The summed E-state index contributed by atoms with van der Waals surface area (Å²) in [5.41, 5.74) is 6.30. The number of thiazole rings is 1. The van der Waals surface area contributed by atoms with Crippen LogP contribution >= 0.6 is 11.3 Å². The Morgan fingerprint density at radius 3 is 2.72 bits per heavy atom. The molecule has 25 heavy (non-hydrogen) atoms. The predicted molar refractivity (Wildman–Crippen MR) is 105 cm³/mol. The minimum atomic E-state index is -0.0231. The van der Waals surface area contributed by atoms with Crippen LogP contribution in [0.3, 0.4) is 0 Å². The van der Waals surface area contributed by atoms with Gasteiger partial charge in [0, 0.05) is 16.6 Å². The van der Waals surface area contributed by atoms with Gasteiger partial charge in [-0.05, 0) is 37.5 Å². The van der Waals surface area contributed by atoms with Crippen molar-refractivity contribution >= 4 is 22.9 Å². The van der Waals surface area contributed by atoms with E-state index in [9.17, 15) is 4.79 Å². The number of nitrogens with one attached hydrogen (secondary N) is 1. The van der Waals surface area contributed by atoms with Gasteiger partial charge in [0.15, 0.2) is 0 Å². The zero-order chi connectivity index (χ0) is 17.8. The lowest BCUT2D eigenvalue weighted by Gasteiger charge is -2.12. The fourth-order valence-corrected chi connectivity index (χ4v) is 3.67. The molecule has 0 aliphatic carbocycles. The Balaban J connectivity index is 1.72. The number of hydrogen-bond acceptors (Lipinski definition) is 3. The number of amides is 1. The number of carbonyl (C=O) groups excluding carboxylic acids is 1. The third-order valence-electron chi connectivity index (χ3n) is 4.16. The van der Waals surface area contributed by atoms with Gasteiger partial charge >= 0.3 is 0 Å². The SMILES string of the molecule is CCc1cccc(C)c1NC(=O)Cc1csc(-c2cccc(C)c2)n1. The molecule has 0 atom stereocenters. The monoisotopic (exact) mass is 350 g/mol. The Morgan fingerprint density at radius 2 is 1.96 bits per heavy atom. The third-order valence-corrected chi connectivity index (χ3v) is 5.10. The van der Waals surface area contributed by atoms with Crippen molar-refractivity contribution in [2.45, 2.75) is 33.6 Å². The van der Waals surface area contributed by atoms with Crippen LogP contribution in [0, 0.1) is 13.8 Å². The van der Waals surface area contributed by atoms with E-state index >= 15 is 0 Å². The van der Waals surface area contributed by atoms with Crippen molar-refractivity contribution in [3.05, 3.63) is 70.2 Å². The van der Waals surface area contributed by atoms with Gasteiger partial charge in [-0.3, -0.25) is 4.79 Å². The van der Waals surface area contributed by atoms with Crippen LogP contribution in [0.5, 0.6) is 0 Å². The van der Waals surface area contributed by atoms with Crippen LogP contribution in [0.1, 0.15) is 29.3 Å². The van der Waals surface area contributed by atoms with Crippen molar-refractivity contribution < 1.29 is 4.79 Å². The van der Waals surface area contributed by atoms with Gasteiger partial charge in [-0.25, -0.2) is 4.98 Å². The average molecular weight is 350 g/mol. The van der Waals surface area contributed by atoms with Gasteiger partial charge in [-0.2, -0.15) is 0 Å². The van der Waals surface area contributed by atoms with Crippen LogP contribution in [0.25, 0.3) is 10.6 Å². The van der Waals surface area contributed by atoms with E-state index in [2.05, 4.69) is 48.4 Å². The van der Waals surface area contributed by atoms with Crippen LogP contribution in [-0.4, -0.2) is 10.9 Å². The van der Waals surface area contributed by atoms with Gasteiger partial charge in [0.1, 0.15) is 5.01 Å². The molecule has 0 radical (unpaired) electrons. The van der Waals surface area contributed by atoms with Crippen molar-refractivity contribution in [2.24, 2.45) is 0 Å². The van der Waals surface area contributed by atoms with Gasteiger partial charge in [0.2, 0.25) is 5.91 Å². The first kappa shape index (κ1) is 17.4. The second-order valence-electron chi connectivity index (χ2n) is 6.20. The maximum absolute atomic E-state index is 12.5. The zero-order valence-corrected chi connectivity index (χ0v) is 15.6. The topological polar surface area (TPSA) is 42.0 Å². The van der Waals surface area contributed by atoms with Crippen LogP contribution in [0.2, 0.25) is 0 Å². The summed E-state index contributed by atoms with van der Waals surface area (Å²) in [6.07, 6.45) is 1.19. The first-order valence-electron chi connectivity index (χ1n) is 8.46. The highest BCUT2D eigenvalue weighted by atomic mass is 32.1. The van der Waals surface area contributed by atoms with Crippen LogP contribution in [-0.2, 0) is 17.6 Å². The smallest absolute Gasteiger partial charge is 0.230 e. The molecule has 1 N–H and O–H groups in total. The van der Waals surface area contributed by atoms with Gasteiger partial charge in [-0.1, -0.05) is 48.9 Å². The van der Waals surface area contributed by atoms with Crippen molar-refractivity contribution in [2.75, 3.05) is 5.32 Å². The third kappa shape index (κ3) is 4.15. The molecule has 0 aliphatic heterocycles. The minimum Gasteiger partial charge on any atom is -0.325 e. The average Bonchev–Trinajstić information content (AvgIpc) is 3.05. The Labute approximate surface area is 152 Å². The number of para-hydroxylation sites is 1. The fourth-order valence-electron chi connectivity index (χ4n) is 2.85. The molecule has 128 valence electrons. The molecule has 4 heteroatoms. The zero-order valence-electron chi connectivity index (χ0n) is 14.8. The van der Waals surface area contributed by atoms with E-state index in [4.69, 9.17) is 0 Å². The maximum atomic E-state index is 12.5. The Hall–Kier alpha value is -2.46. The number of hydrogen-bond donors (Lipinski definition) is 1. The molecule has 2 aromatic carbocycles. The van der Waals surface area contributed by atoms with Gasteiger partial charge in [0.05, 0.1) is 12.1 Å². The van der Waals surface area contributed by atoms with E-state index in [0.717, 1.165) is 39.5 Å². The molecule has 0 spiro atoms. The molecule has 0 unspecified atom stereocenters. The second-order valence-corrected chi connectivity index (χ2v) is 7.06. The summed E-state index contributed by atoms with van der Waals surface area (Å²) in [6, 6.07) is 14.4. The lowest BCUT2D eigenvalue weighted by Crippen LogP contribution is -2.16. The maximum Gasteiger partial charge on any atom is 0.230 e. The van der Waals surface area contributed by atoms with Gasteiger partial charge in [0.25, 0.3) is 0 Å². The van der Waals surface area contributed by atoms with Crippen LogP contribution < -0.4 is 5.32 Å². The molecule has 0 saturated heterocycles. The Bertz CT molecular complexity index is 898.